The van der Waals surface area contributed by atoms with E-state index in [2.05, 4.69) is 32.9 Å². The Labute approximate surface area is 380 Å². The summed E-state index contributed by atoms with van der Waals surface area (Å²) in [5.74, 6) is -0.862. The standard InChI is InChI=1S/C55H104O6/c1-4-7-10-13-16-18-20-21-22-23-24-25-26-27-28-29-30-31-32-33-34-35-36-38-39-42-45-48-54(57)60-51-52(50-59-53(56)47-44-41-15-12-9-6-3)61-55(58)49-46-43-40-37-19-17-14-11-8-5-2/h23-24,52H,4-22,25-51H2,1-3H3/b24-23-. The Balaban J connectivity index is 3.95. The van der Waals surface area contributed by atoms with Crippen molar-refractivity contribution in [2.24, 2.45) is 0 Å². The van der Waals surface area contributed by atoms with Gasteiger partial charge >= 0.3 is 17.9 Å². The van der Waals surface area contributed by atoms with Crippen LogP contribution in [0.4, 0.5) is 0 Å². The second-order valence-corrected chi connectivity index (χ2v) is 18.5. The van der Waals surface area contributed by atoms with Crippen LogP contribution in [0.1, 0.15) is 303 Å². The molecule has 0 aliphatic rings. The first kappa shape index (κ1) is 59.1. The van der Waals surface area contributed by atoms with Crippen LogP contribution in [0.5, 0.6) is 0 Å². The number of allylic oxidation sites excluding steroid dienone is 2. The number of esters is 3. The fourth-order valence-electron chi connectivity index (χ4n) is 8.14. The fourth-order valence-corrected chi connectivity index (χ4v) is 8.14. The van der Waals surface area contributed by atoms with E-state index >= 15 is 0 Å². The molecule has 0 bridgehead atoms. The Morgan fingerprint density at radius 3 is 0.820 bits per heavy atom. The van der Waals surface area contributed by atoms with E-state index in [0.717, 1.165) is 57.8 Å². The van der Waals surface area contributed by atoms with Gasteiger partial charge in [0.1, 0.15) is 13.2 Å². The molecule has 0 fully saturated rings. The minimum absolute atomic E-state index is 0.0653. The van der Waals surface area contributed by atoms with Crippen molar-refractivity contribution in [3.05, 3.63) is 12.2 Å². The zero-order valence-corrected chi connectivity index (χ0v) is 41.2. The molecule has 0 aliphatic carbocycles. The van der Waals surface area contributed by atoms with E-state index in [1.165, 1.54) is 205 Å². The first-order chi connectivity index (χ1) is 30.0. The smallest absolute Gasteiger partial charge is 0.306 e. The van der Waals surface area contributed by atoms with Crippen LogP contribution < -0.4 is 0 Å². The van der Waals surface area contributed by atoms with Crippen molar-refractivity contribution < 1.29 is 28.6 Å². The molecule has 0 aliphatic heterocycles. The molecular formula is C55H104O6. The first-order valence-electron chi connectivity index (χ1n) is 27.2. The number of carbonyl (C=O) groups excluding carboxylic acids is 3. The SMILES string of the molecule is CCCCCCCCCC/C=C\CCCCCCCCCCCCCCCCCC(=O)OCC(COC(=O)CCCCCCCC)OC(=O)CCCCCCCCCCCC. The molecule has 0 amide bonds. The maximum absolute atomic E-state index is 12.7. The molecule has 0 spiro atoms. The molecule has 1 unspecified atom stereocenters. The van der Waals surface area contributed by atoms with Crippen molar-refractivity contribution in [3.63, 3.8) is 0 Å². The summed E-state index contributed by atoms with van der Waals surface area (Å²) in [5, 5.41) is 0. The third kappa shape index (κ3) is 49.0. The zero-order valence-electron chi connectivity index (χ0n) is 41.2. The Kier molecular flexibility index (Phi) is 49.3. The number of carbonyl (C=O) groups is 3. The summed E-state index contributed by atoms with van der Waals surface area (Å²) < 4.78 is 16.7. The average Bonchev–Trinajstić information content (AvgIpc) is 3.26. The molecule has 6 nitrogen and oxygen atoms in total. The lowest BCUT2D eigenvalue weighted by atomic mass is 10.0. The Morgan fingerprint density at radius 2 is 0.541 bits per heavy atom. The van der Waals surface area contributed by atoms with Crippen LogP contribution in [0.25, 0.3) is 0 Å². The lowest BCUT2D eigenvalue weighted by Gasteiger charge is -2.18. The number of ether oxygens (including phenoxy) is 3. The summed E-state index contributed by atoms with van der Waals surface area (Å²) in [6, 6.07) is 0. The van der Waals surface area contributed by atoms with Crippen LogP contribution in [0, 0.1) is 0 Å². The maximum atomic E-state index is 12.7. The molecule has 0 heterocycles. The third-order valence-electron chi connectivity index (χ3n) is 12.3. The van der Waals surface area contributed by atoms with Gasteiger partial charge in [0.15, 0.2) is 6.10 Å². The van der Waals surface area contributed by atoms with E-state index in [9.17, 15) is 14.4 Å². The highest BCUT2D eigenvalue weighted by atomic mass is 16.6. The van der Waals surface area contributed by atoms with Crippen molar-refractivity contribution >= 4 is 17.9 Å². The monoisotopic (exact) mass is 861 g/mol. The van der Waals surface area contributed by atoms with Crippen LogP contribution in [0.3, 0.4) is 0 Å². The topological polar surface area (TPSA) is 78.9 Å². The molecule has 1 atom stereocenters. The van der Waals surface area contributed by atoms with Gasteiger partial charge in [-0.25, -0.2) is 0 Å². The highest BCUT2D eigenvalue weighted by Gasteiger charge is 2.19. The second-order valence-electron chi connectivity index (χ2n) is 18.5. The van der Waals surface area contributed by atoms with Gasteiger partial charge in [0.05, 0.1) is 0 Å². The zero-order chi connectivity index (χ0) is 44.4. The lowest BCUT2D eigenvalue weighted by molar-refractivity contribution is -0.167. The molecule has 0 saturated carbocycles. The summed E-state index contributed by atoms with van der Waals surface area (Å²) >= 11 is 0. The van der Waals surface area contributed by atoms with Gasteiger partial charge in [-0.2, -0.15) is 0 Å². The van der Waals surface area contributed by atoms with Crippen molar-refractivity contribution in [2.75, 3.05) is 13.2 Å². The van der Waals surface area contributed by atoms with Gasteiger partial charge in [-0.1, -0.05) is 251 Å². The van der Waals surface area contributed by atoms with Gasteiger partial charge in [0.25, 0.3) is 0 Å². The summed E-state index contributed by atoms with van der Waals surface area (Å²) in [4.78, 5) is 37.6. The van der Waals surface area contributed by atoms with E-state index in [1.54, 1.807) is 0 Å². The molecule has 0 aromatic heterocycles. The third-order valence-corrected chi connectivity index (χ3v) is 12.3. The Bertz CT molecular complexity index is 947. The molecule has 0 rings (SSSR count). The number of unbranched alkanes of at least 4 members (excludes halogenated alkanes) is 37. The Morgan fingerprint density at radius 1 is 0.311 bits per heavy atom. The predicted molar refractivity (Wildman–Crippen MR) is 261 cm³/mol. The molecular weight excluding hydrogens is 757 g/mol. The predicted octanol–water partition coefficient (Wildman–Crippen LogP) is 17.8. The van der Waals surface area contributed by atoms with Gasteiger partial charge in [0.2, 0.25) is 0 Å². The molecule has 360 valence electrons. The average molecular weight is 861 g/mol. The summed E-state index contributed by atoms with van der Waals surface area (Å²) in [6.07, 6.45) is 56.8. The van der Waals surface area contributed by atoms with Gasteiger partial charge < -0.3 is 14.2 Å². The maximum Gasteiger partial charge on any atom is 0.306 e. The molecule has 0 N–H and O–H groups in total. The van der Waals surface area contributed by atoms with Gasteiger partial charge in [-0.15, -0.1) is 0 Å². The fraction of sp³-hybridized carbons (Fsp3) is 0.909. The molecule has 0 radical (unpaired) electrons. The van der Waals surface area contributed by atoms with Crippen LogP contribution in [0.15, 0.2) is 12.2 Å². The van der Waals surface area contributed by atoms with Crippen molar-refractivity contribution in [1.82, 2.24) is 0 Å². The van der Waals surface area contributed by atoms with Crippen LogP contribution in [-0.4, -0.2) is 37.2 Å². The molecule has 0 aromatic carbocycles. The summed E-state index contributed by atoms with van der Waals surface area (Å²) in [5.41, 5.74) is 0. The van der Waals surface area contributed by atoms with E-state index in [4.69, 9.17) is 14.2 Å². The van der Waals surface area contributed by atoms with E-state index in [1.807, 2.05) is 0 Å². The largest absolute Gasteiger partial charge is 0.462 e. The second kappa shape index (κ2) is 50.8. The molecule has 0 saturated heterocycles. The minimum atomic E-state index is -0.760. The summed E-state index contributed by atoms with van der Waals surface area (Å²) in [6.45, 7) is 6.60. The normalized spacial score (nSPS) is 12.0. The molecule has 6 heteroatoms. The van der Waals surface area contributed by atoms with Gasteiger partial charge in [-0.05, 0) is 44.9 Å². The van der Waals surface area contributed by atoms with Crippen LogP contribution in [-0.2, 0) is 28.6 Å². The van der Waals surface area contributed by atoms with Crippen molar-refractivity contribution in [2.45, 2.75) is 309 Å². The van der Waals surface area contributed by atoms with Crippen LogP contribution >= 0.6 is 0 Å². The number of hydrogen-bond acceptors (Lipinski definition) is 6. The van der Waals surface area contributed by atoms with Gasteiger partial charge in [-0.3, -0.25) is 14.4 Å². The van der Waals surface area contributed by atoms with Crippen molar-refractivity contribution in [3.8, 4) is 0 Å². The van der Waals surface area contributed by atoms with E-state index in [0.29, 0.717) is 19.3 Å². The highest BCUT2D eigenvalue weighted by molar-refractivity contribution is 5.71. The van der Waals surface area contributed by atoms with Crippen LogP contribution in [0.2, 0.25) is 0 Å². The highest BCUT2D eigenvalue weighted by Crippen LogP contribution is 2.16. The van der Waals surface area contributed by atoms with Crippen molar-refractivity contribution in [1.29, 1.82) is 0 Å². The van der Waals surface area contributed by atoms with Gasteiger partial charge in [0, 0.05) is 19.3 Å². The molecule has 61 heavy (non-hydrogen) atoms. The van der Waals surface area contributed by atoms with E-state index < -0.39 is 6.10 Å². The quantitative estimate of drug-likeness (QED) is 0.0262. The lowest BCUT2D eigenvalue weighted by Crippen LogP contribution is -2.30. The van der Waals surface area contributed by atoms with E-state index in [-0.39, 0.29) is 31.1 Å². The minimum Gasteiger partial charge on any atom is -0.462 e. The molecule has 0 aromatic rings. The number of rotatable bonds is 50. The summed E-state index contributed by atoms with van der Waals surface area (Å²) in [7, 11) is 0. The number of hydrogen-bond donors (Lipinski definition) is 0. The first-order valence-corrected chi connectivity index (χ1v) is 27.2. The Hall–Kier alpha value is -1.85.